The van der Waals surface area contributed by atoms with Crippen molar-refractivity contribution in [2.24, 2.45) is 0 Å². The second-order valence-corrected chi connectivity index (χ2v) is 6.28. The zero-order chi connectivity index (χ0) is 17.9. The van der Waals surface area contributed by atoms with Crippen LogP contribution in [0.3, 0.4) is 0 Å². The van der Waals surface area contributed by atoms with Crippen molar-refractivity contribution in [3.05, 3.63) is 29.3 Å². The van der Waals surface area contributed by atoms with Gasteiger partial charge in [-0.15, -0.1) is 0 Å². The fraction of sp³-hybridized carbons (Fsp3) is 0.588. The summed E-state index contributed by atoms with van der Waals surface area (Å²) < 4.78 is 44.8. The fourth-order valence-electron chi connectivity index (χ4n) is 2.99. The number of nitrogens with zero attached hydrogens (tertiary/aromatic N) is 3. The van der Waals surface area contributed by atoms with E-state index in [1.165, 1.54) is 6.07 Å². The standard InChI is InChI=1S/C17H22F3N3O/c1-12-10-23(11-13(2)24-12)7-6-22(3)15-5-4-14(9-21)16(8-15)17(18,19)20/h4-5,8,12-13H,6-7,10-11H2,1-3H3/t12-,13+. The van der Waals surface area contributed by atoms with Gasteiger partial charge in [-0.1, -0.05) is 0 Å². The molecule has 1 saturated heterocycles. The van der Waals surface area contributed by atoms with Crippen LogP contribution in [-0.2, 0) is 10.9 Å². The van der Waals surface area contributed by atoms with Gasteiger partial charge in [0.05, 0.1) is 29.4 Å². The van der Waals surface area contributed by atoms with Gasteiger partial charge in [0.15, 0.2) is 0 Å². The van der Waals surface area contributed by atoms with Gasteiger partial charge in [-0.3, -0.25) is 4.90 Å². The summed E-state index contributed by atoms with van der Waals surface area (Å²) in [7, 11) is 1.76. The van der Waals surface area contributed by atoms with Gasteiger partial charge in [0.2, 0.25) is 0 Å². The Bertz CT molecular complexity index is 602. The highest BCUT2D eigenvalue weighted by Crippen LogP contribution is 2.34. The van der Waals surface area contributed by atoms with E-state index in [-0.39, 0.29) is 17.8 Å². The first-order valence-corrected chi connectivity index (χ1v) is 7.91. The third kappa shape index (κ3) is 4.62. The lowest BCUT2D eigenvalue weighted by Crippen LogP contribution is -2.47. The molecule has 0 aromatic heterocycles. The zero-order valence-corrected chi connectivity index (χ0v) is 14.1. The van der Waals surface area contributed by atoms with Crippen LogP contribution in [0.15, 0.2) is 18.2 Å². The van der Waals surface area contributed by atoms with Gasteiger partial charge in [0.1, 0.15) is 0 Å². The predicted octanol–water partition coefficient (Wildman–Crippen LogP) is 3.12. The number of halogens is 3. The first kappa shape index (κ1) is 18.6. The highest BCUT2D eigenvalue weighted by atomic mass is 19.4. The Labute approximate surface area is 140 Å². The van der Waals surface area contributed by atoms with Crippen molar-refractivity contribution in [1.82, 2.24) is 4.90 Å². The van der Waals surface area contributed by atoms with Crippen LogP contribution in [-0.4, -0.2) is 50.3 Å². The van der Waals surface area contributed by atoms with Gasteiger partial charge in [-0.2, -0.15) is 18.4 Å². The minimum absolute atomic E-state index is 0.158. The molecule has 1 aliphatic rings. The van der Waals surface area contributed by atoms with E-state index in [9.17, 15) is 13.2 Å². The number of likely N-dealkylation sites (N-methyl/N-ethyl adjacent to an activating group) is 1. The number of morpholine rings is 1. The van der Waals surface area contributed by atoms with Crippen LogP contribution in [0.4, 0.5) is 18.9 Å². The Morgan fingerprint density at radius 2 is 1.92 bits per heavy atom. The third-order valence-electron chi connectivity index (χ3n) is 4.12. The Morgan fingerprint density at radius 1 is 1.29 bits per heavy atom. The molecule has 1 aromatic carbocycles. The van der Waals surface area contributed by atoms with Crippen molar-refractivity contribution in [2.75, 3.05) is 38.1 Å². The predicted molar refractivity (Wildman–Crippen MR) is 85.9 cm³/mol. The zero-order valence-electron chi connectivity index (χ0n) is 14.1. The Morgan fingerprint density at radius 3 is 2.46 bits per heavy atom. The Hall–Kier alpha value is -1.78. The lowest BCUT2D eigenvalue weighted by atomic mass is 10.1. The lowest BCUT2D eigenvalue weighted by molar-refractivity contribution is -0.137. The maximum Gasteiger partial charge on any atom is 0.417 e. The summed E-state index contributed by atoms with van der Waals surface area (Å²) >= 11 is 0. The van der Waals surface area contributed by atoms with Crippen LogP contribution in [0.25, 0.3) is 0 Å². The average Bonchev–Trinajstić information content (AvgIpc) is 2.50. The minimum atomic E-state index is -4.53. The number of alkyl halides is 3. The van der Waals surface area contributed by atoms with Crippen molar-refractivity contribution >= 4 is 5.69 Å². The molecule has 1 fully saturated rings. The second-order valence-electron chi connectivity index (χ2n) is 6.28. The van der Waals surface area contributed by atoms with Gasteiger partial charge in [-0.25, -0.2) is 0 Å². The number of hydrogen-bond donors (Lipinski definition) is 0. The van der Waals surface area contributed by atoms with Crippen molar-refractivity contribution in [1.29, 1.82) is 5.26 Å². The molecule has 0 saturated carbocycles. The summed E-state index contributed by atoms with van der Waals surface area (Å²) in [6, 6.07) is 5.43. The van der Waals surface area contributed by atoms with E-state index >= 15 is 0 Å². The summed E-state index contributed by atoms with van der Waals surface area (Å²) in [6.07, 6.45) is -4.21. The van der Waals surface area contributed by atoms with Crippen LogP contribution in [0.5, 0.6) is 0 Å². The first-order chi connectivity index (χ1) is 11.2. The topological polar surface area (TPSA) is 39.5 Å². The number of anilines is 1. The van der Waals surface area contributed by atoms with Crippen molar-refractivity contribution < 1.29 is 17.9 Å². The molecule has 2 rings (SSSR count). The molecule has 1 heterocycles. The van der Waals surface area contributed by atoms with Crippen LogP contribution >= 0.6 is 0 Å². The number of ether oxygens (including phenoxy) is 1. The van der Waals surface area contributed by atoms with E-state index in [0.717, 1.165) is 25.7 Å². The van der Waals surface area contributed by atoms with E-state index < -0.39 is 11.7 Å². The van der Waals surface area contributed by atoms with Gasteiger partial charge >= 0.3 is 6.18 Å². The van der Waals surface area contributed by atoms with Gasteiger partial charge < -0.3 is 9.64 Å². The number of rotatable bonds is 4. The summed E-state index contributed by atoms with van der Waals surface area (Å²) in [4.78, 5) is 4.03. The average molecular weight is 341 g/mol. The molecule has 7 heteroatoms. The fourth-order valence-corrected chi connectivity index (χ4v) is 2.99. The van der Waals surface area contributed by atoms with Gasteiger partial charge in [0.25, 0.3) is 0 Å². The van der Waals surface area contributed by atoms with Crippen LogP contribution in [0, 0.1) is 11.3 Å². The third-order valence-corrected chi connectivity index (χ3v) is 4.12. The first-order valence-electron chi connectivity index (χ1n) is 7.91. The Balaban J connectivity index is 2.05. The Kier molecular flexibility index (Phi) is 5.73. The normalized spacial score (nSPS) is 22.2. The molecule has 1 aromatic rings. The maximum atomic E-state index is 13.0. The highest BCUT2D eigenvalue weighted by Gasteiger charge is 2.34. The number of hydrogen-bond acceptors (Lipinski definition) is 4. The molecule has 4 nitrogen and oxygen atoms in total. The largest absolute Gasteiger partial charge is 0.417 e. The van der Waals surface area contributed by atoms with Gasteiger partial charge in [-0.05, 0) is 32.0 Å². The molecular weight excluding hydrogens is 319 g/mol. The lowest BCUT2D eigenvalue weighted by Gasteiger charge is -2.36. The van der Waals surface area contributed by atoms with Crippen molar-refractivity contribution in [2.45, 2.75) is 32.2 Å². The van der Waals surface area contributed by atoms with E-state index in [4.69, 9.17) is 10.00 Å². The van der Waals surface area contributed by atoms with Crippen molar-refractivity contribution in [3.63, 3.8) is 0 Å². The summed E-state index contributed by atoms with van der Waals surface area (Å²) in [5.41, 5.74) is -0.783. The molecule has 132 valence electrons. The maximum absolute atomic E-state index is 13.0. The molecule has 0 radical (unpaired) electrons. The van der Waals surface area contributed by atoms with Crippen LogP contribution in [0.1, 0.15) is 25.0 Å². The second kappa shape index (κ2) is 7.41. The summed E-state index contributed by atoms with van der Waals surface area (Å²) in [5.74, 6) is 0. The molecule has 24 heavy (non-hydrogen) atoms. The van der Waals surface area contributed by atoms with Gasteiger partial charge in [0, 0.05) is 38.9 Å². The van der Waals surface area contributed by atoms with Crippen LogP contribution < -0.4 is 4.90 Å². The molecule has 0 unspecified atom stereocenters. The monoisotopic (exact) mass is 341 g/mol. The van der Waals surface area contributed by atoms with E-state index in [1.807, 2.05) is 13.8 Å². The van der Waals surface area contributed by atoms with E-state index in [0.29, 0.717) is 12.2 Å². The van der Waals surface area contributed by atoms with Crippen molar-refractivity contribution in [3.8, 4) is 6.07 Å². The molecule has 1 aliphatic heterocycles. The summed E-state index contributed by atoms with van der Waals surface area (Å²) in [5, 5.41) is 8.85. The smallest absolute Gasteiger partial charge is 0.373 e. The SMILES string of the molecule is C[C@@H]1CN(CCN(C)c2ccc(C#N)c(C(F)(F)F)c2)C[C@H](C)O1. The summed E-state index contributed by atoms with van der Waals surface area (Å²) in [6.45, 7) is 7.02. The number of nitriles is 1. The van der Waals surface area contributed by atoms with E-state index in [1.54, 1.807) is 24.1 Å². The minimum Gasteiger partial charge on any atom is -0.373 e. The highest BCUT2D eigenvalue weighted by molar-refractivity contribution is 5.54. The molecule has 0 spiro atoms. The molecule has 0 N–H and O–H groups in total. The van der Waals surface area contributed by atoms with E-state index in [2.05, 4.69) is 4.90 Å². The molecule has 0 amide bonds. The molecule has 2 atom stereocenters. The quantitative estimate of drug-likeness (QED) is 0.844. The number of benzene rings is 1. The molecular formula is C17H22F3N3O. The molecule has 0 bridgehead atoms. The molecule has 0 aliphatic carbocycles. The van der Waals surface area contributed by atoms with Crippen LogP contribution in [0.2, 0.25) is 0 Å².